The molecule has 11 nitrogen and oxygen atoms in total. The number of anilines is 2. The number of aromatic nitrogens is 4. The molecule has 192 valence electrons. The highest BCUT2D eigenvalue weighted by atomic mass is 16.5. The first-order valence-electron chi connectivity index (χ1n) is 12.2. The predicted molar refractivity (Wildman–Crippen MR) is 138 cm³/mol. The van der Waals surface area contributed by atoms with Gasteiger partial charge < -0.3 is 25.2 Å². The molecule has 4 N–H and O–H groups in total. The van der Waals surface area contributed by atoms with Gasteiger partial charge in [0.15, 0.2) is 5.69 Å². The molecule has 0 unspecified atom stereocenters. The van der Waals surface area contributed by atoms with Crippen LogP contribution in [-0.2, 0) is 4.74 Å². The van der Waals surface area contributed by atoms with Gasteiger partial charge in [0.1, 0.15) is 11.4 Å². The molecule has 2 aromatic carbocycles. The Hall–Kier alpha value is -4.22. The summed E-state index contributed by atoms with van der Waals surface area (Å²) in [7, 11) is 0. The minimum Gasteiger partial charge on any atom is -0.494 e. The van der Waals surface area contributed by atoms with Gasteiger partial charge in [0.2, 0.25) is 5.95 Å². The number of H-pyrrole nitrogens is 2. The van der Waals surface area contributed by atoms with E-state index in [-0.39, 0.29) is 11.4 Å². The molecule has 0 spiro atoms. The molecule has 11 heteroatoms. The van der Waals surface area contributed by atoms with Gasteiger partial charge in [-0.3, -0.25) is 14.5 Å². The topological polar surface area (TPSA) is 142 Å². The minimum atomic E-state index is -0.775. The maximum atomic E-state index is 13.7. The number of hydrogen-bond acceptors (Lipinski definition) is 7. The number of aryl methyl sites for hydroxylation is 1. The highest BCUT2D eigenvalue weighted by Gasteiger charge is 2.29. The Morgan fingerprint density at radius 3 is 2.76 bits per heavy atom. The van der Waals surface area contributed by atoms with Gasteiger partial charge in [-0.15, -0.1) is 0 Å². The number of carbonyl (C=O) groups excluding carboxylic acids is 2. The lowest BCUT2D eigenvalue weighted by Crippen LogP contribution is -2.37. The average Bonchev–Trinajstić information content (AvgIpc) is 3.56. The zero-order valence-corrected chi connectivity index (χ0v) is 20.6. The average molecular weight is 504 g/mol. The maximum Gasteiger partial charge on any atom is 0.286 e. The van der Waals surface area contributed by atoms with Crippen molar-refractivity contribution in [1.82, 2.24) is 24.8 Å². The molecular weight excluding hydrogens is 474 g/mol. The third-order valence-electron chi connectivity index (χ3n) is 6.28. The molecule has 2 amide bonds. The molecule has 0 aliphatic carbocycles. The first-order valence-corrected chi connectivity index (χ1v) is 12.2. The van der Waals surface area contributed by atoms with E-state index in [2.05, 4.69) is 24.8 Å². The summed E-state index contributed by atoms with van der Waals surface area (Å²) in [5, 5.41) is 0. The van der Waals surface area contributed by atoms with Crippen LogP contribution in [0, 0.1) is 6.92 Å². The Morgan fingerprint density at radius 2 is 2.00 bits per heavy atom. The highest BCUT2D eigenvalue weighted by Crippen LogP contribution is 2.32. The quantitative estimate of drug-likeness (QED) is 0.298. The number of hydrogen-bond donors (Lipinski definition) is 3. The molecule has 1 aliphatic rings. The zero-order chi connectivity index (χ0) is 25.8. The van der Waals surface area contributed by atoms with Crippen molar-refractivity contribution >= 4 is 34.5 Å². The van der Waals surface area contributed by atoms with Gasteiger partial charge in [-0.1, -0.05) is 12.1 Å². The molecule has 0 radical (unpaired) electrons. The van der Waals surface area contributed by atoms with Crippen LogP contribution in [0.2, 0.25) is 0 Å². The van der Waals surface area contributed by atoms with Crippen molar-refractivity contribution in [2.24, 2.45) is 5.73 Å². The van der Waals surface area contributed by atoms with Crippen LogP contribution in [0.3, 0.4) is 0 Å². The third kappa shape index (κ3) is 5.32. The molecule has 0 atom stereocenters. The Bertz CT molecular complexity index is 1370. The Labute approximate surface area is 213 Å². The number of rotatable bonds is 9. The fourth-order valence-corrected chi connectivity index (χ4v) is 4.39. The molecule has 5 rings (SSSR count). The van der Waals surface area contributed by atoms with Crippen molar-refractivity contribution in [3.8, 4) is 5.75 Å². The molecule has 1 fully saturated rings. The SMILES string of the molecule is Cc1cc(OCCCN2CCOCC2)ccc1N(C(=O)c1nc[nH]c1C(N)=O)c1nc2ccccc2[nH]1. The van der Waals surface area contributed by atoms with Gasteiger partial charge in [0, 0.05) is 19.6 Å². The number of morpholine rings is 1. The van der Waals surface area contributed by atoms with Crippen molar-refractivity contribution in [2.45, 2.75) is 13.3 Å². The molecule has 3 heterocycles. The van der Waals surface area contributed by atoms with E-state index in [0.29, 0.717) is 29.5 Å². The zero-order valence-electron chi connectivity index (χ0n) is 20.6. The lowest BCUT2D eigenvalue weighted by atomic mass is 10.1. The van der Waals surface area contributed by atoms with Crippen LogP contribution in [0.5, 0.6) is 5.75 Å². The number of aromatic amines is 2. The number of benzene rings is 2. The summed E-state index contributed by atoms with van der Waals surface area (Å²) in [5.41, 5.74) is 8.14. The second-order valence-corrected chi connectivity index (χ2v) is 8.81. The van der Waals surface area contributed by atoms with E-state index in [1.54, 1.807) is 6.07 Å². The maximum absolute atomic E-state index is 13.7. The first-order chi connectivity index (χ1) is 18.0. The van der Waals surface area contributed by atoms with Crippen molar-refractivity contribution in [2.75, 3.05) is 44.4 Å². The molecule has 2 aromatic heterocycles. The summed E-state index contributed by atoms with van der Waals surface area (Å²) in [6.07, 6.45) is 2.17. The second kappa shape index (κ2) is 10.8. The molecule has 0 bridgehead atoms. The number of nitrogens with zero attached hydrogens (tertiary/aromatic N) is 4. The van der Waals surface area contributed by atoms with Gasteiger partial charge in [-0.25, -0.2) is 14.9 Å². The fraction of sp³-hybridized carbons (Fsp3) is 0.308. The first kappa shape index (κ1) is 24.5. The monoisotopic (exact) mass is 503 g/mol. The standard InChI is InChI=1S/C26H29N7O4/c1-17-15-18(37-12-4-9-32-10-13-36-14-11-32)7-8-21(17)33(25(35)23-22(24(27)34)28-16-29-23)26-30-19-5-2-3-6-20(19)31-26/h2-3,5-8,15-16H,4,9-14H2,1H3,(H2,27,34)(H,28,29)(H,30,31). The van der Waals surface area contributed by atoms with Crippen LogP contribution in [0.15, 0.2) is 48.8 Å². The predicted octanol–water partition coefficient (Wildman–Crippen LogP) is 2.77. The summed E-state index contributed by atoms with van der Waals surface area (Å²) in [6, 6.07) is 13.0. The fourth-order valence-electron chi connectivity index (χ4n) is 4.39. The molecule has 1 aliphatic heterocycles. The summed E-state index contributed by atoms with van der Waals surface area (Å²) in [5.74, 6) is -0.316. The smallest absolute Gasteiger partial charge is 0.286 e. The van der Waals surface area contributed by atoms with E-state index in [1.165, 1.54) is 11.2 Å². The molecule has 4 aromatic rings. The van der Waals surface area contributed by atoms with Crippen LogP contribution in [0.4, 0.5) is 11.6 Å². The van der Waals surface area contributed by atoms with E-state index in [9.17, 15) is 9.59 Å². The van der Waals surface area contributed by atoms with Gasteiger partial charge in [0.05, 0.1) is 42.9 Å². The van der Waals surface area contributed by atoms with Crippen LogP contribution >= 0.6 is 0 Å². The summed E-state index contributed by atoms with van der Waals surface area (Å²) in [4.78, 5) is 43.9. The van der Waals surface area contributed by atoms with Crippen molar-refractivity contribution in [3.05, 3.63) is 65.7 Å². The second-order valence-electron chi connectivity index (χ2n) is 8.81. The Balaban J connectivity index is 1.40. The minimum absolute atomic E-state index is 0.0658. The van der Waals surface area contributed by atoms with Crippen LogP contribution in [0.1, 0.15) is 33.0 Å². The number of primary amides is 1. The van der Waals surface area contributed by atoms with Crippen LogP contribution in [0.25, 0.3) is 11.0 Å². The van der Waals surface area contributed by atoms with E-state index in [1.807, 2.05) is 43.3 Å². The molecule has 0 saturated carbocycles. The van der Waals surface area contributed by atoms with Gasteiger partial charge in [0.25, 0.3) is 11.8 Å². The van der Waals surface area contributed by atoms with Crippen LogP contribution in [-0.4, -0.2) is 76.1 Å². The lowest BCUT2D eigenvalue weighted by Gasteiger charge is -2.26. The summed E-state index contributed by atoms with van der Waals surface area (Å²) >= 11 is 0. The van der Waals surface area contributed by atoms with Gasteiger partial charge in [-0.2, -0.15) is 0 Å². The largest absolute Gasteiger partial charge is 0.494 e. The van der Waals surface area contributed by atoms with Crippen molar-refractivity contribution in [1.29, 1.82) is 0 Å². The number of para-hydroxylation sites is 2. The Morgan fingerprint density at radius 1 is 1.19 bits per heavy atom. The number of carbonyl (C=O) groups is 2. The van der Waals surface area contributed by atoms with Gasteiger partial charge in [-0.05, 0) is 49.2 Å². The van der Waals surface area contributed by atoms with E-state index >= 15 is 0 Å². The molecular formula is C26H29N7O4. The van der Waals surface area contributed by atoms with E-state index < -0.39 is 11.8 Å². The third-order valence-corrected chi connectivity index (χ3v) is 6.28. The number of nitrogens with one attached hydrogen (secondary N) is 2. The lowest BCUT2D eigenvalue weighted by molar-refractivity contribution is 0.0358. The van der Waals surface area contributed by atoms with E-state index in [4.69, 9.17) is 15.2 Å². The molecule has 1 saturated heterocycles. The van der Waals surface area contributed by atoms with Gasteiger partial charge >= 0.3 is 0 Å². The highest BCUT2D eigenvalue weighted by molar-refractivity contribution is 6.14. The number of fused-ring (bicyclic) bond motifs is 1. The molecule has 37 heavy (non-hydrogen) atoms. The summed E-state index contributed by atoms with van der Waals surface area (Å²) in [6.45, 7) is 6.89. The van der Waals surface area contributed by atoms with Crippen LogP contribution < -0.4 is 15.4 Å². The van der Waals surface area contributed by atoms with Crippen molar-refractivity contribution < 1.29 is 19.1 Å². The number of amides is 2. The Kier molecular flexibility index (Phi) is 7.15. The number of nitrogens with two attached hydrogens (primary N) is 1. The normalized spacial score (nSPS) is 14.1. The van der Waals surface area contributed by atoms with Crippen molar-refractivity contribution in [3.63, 3.8) is 0 Å². The number of ether oxygens (including phenoxy) is 2. The summed E-state index contributed by atoms with van der Waals surface area (Å²) < 4.78 is 11.4. The van der Waals surface area contributed by atoms with E-state index in [0.717, 1.165) is 50.3 Å². The number of imidazole rings is 2.